The van der Waals surface area contributed by atoms with Crippen molar-refractivity contribution in [3.8, 4) is 0 Å². The number of nitro groups is 1. The van der Waals surface area contributed by atoms with Gasteiger partial charge in [0.2, 0.25) is 0 Å². The summed E-state index contributed by atoms with van der Waals surface area (Å²) in [6, 6.07) is 13.1. The highest BCUT2D eigenvalue weighted by atomic mass is 16.6. The van der Waals surface area contributed by atoms with Gasteiger partial charge in [-0.05, 0) is 11.6 Å². The number of non-ortho nitro benzene ring substituents is 1. The van der Waals surface area contributed by atoms with E-state index in [0.29, 0.717) is 11.3 Å². The molecule has 2 aromatic carbocycles. The molecule has 0 bridgehead atoms. The Hall–Kier alpha value is -3.48. The molecule has 7 heteroatoms. The zero-order valence-corrected chi connectivity index (χ0v) is 13.3. The van der Waals surface area contributed by atoms with Crippen LogP contribution in [0.15, 0.2) is 54.6 Å². The molecule has 0 atom stereocenters. The summed E-state index contributed by atoms with van der Waals surface area (Å²) in [6.07, 6.45) is 1.18. The quantitative estimate of drug-likeness (QED) is 0.370. The highest BCUT2D eigenvalue weighted by Gasteiger charge is 2.32. The van der Waals surface area contributed by atoms with E-state index in [9.17, 15) is 19.7 Å². The highest BCUT2D eigenvalue weighted by Crippen LogP contribution is 2.37. The summed E-state index contributed by atoms with van der Waals surface area (Å²) in [5, 5.41) is 10.7. The van der Waals surface area contributed by atoms with Gasteiger partial charge in [0, 0.05) is 23.8 Å². The molecule has 0 unspecified atom stereocenters. The van der Waals surface area contributed by atoms with Crippen molar-refractivity contribution in [1.29, 1.82) is 0 Å². The smallest absolute Gasteiger partial charge is 0.331 e. The molecule has 0 aromatic heterocycles. The first kappa shape index (κ1) is 16.4. The van der Waals surface area contributed by atoms with Crippen molar-refractivity contribution in [3.05, 3.63) is 75.8 Å². The number of ether oxygens (including phenoxy) is 1. The number of carbonyl (C=O) groups excluding carboxylic acids is 2. The van der Waals surface area contributed by atoms with E-state index >= 15 is 0 Å². The monoisotopic (exact) mass is 338 g/mol. The number of methoxy groups -OCH3 is 1. The Labute approximate surface area is 143 Å². The Morgan fingerprint density at radius 2 is 1.88 bits per heavy atom. The Bertz CT molecular complexity index is 887. The molecule has 25 heavy (non-hydrogen) atoms. The number of hydrogen-bond acceptors (Lipinski definition) is 5. The fraction of sp³-hybridized carbons (Fsp3) is 0.111. The van der Waals surface area contributed by atoms with Crippen molar-refractivity contribution in [1.82, 2.24) is 0 Å². The number of esters is 1. The summed E-state index contributed by atoms with van der Waals surface area (Å²) in [7, 11) is 1.25. The fourth-order valence-corrected chi connectivity index (χ4v) is 2.69. The van der Waals surface area contributed by atoms with Crippen LogP contribution in [0, 0.1) is 10.1 Å². The summed E-state index contributed by atoms with van der Waals surface area (Å²) in [6.45, 7) is 0.242. The van der Waals surface area contributed by atoms with Gasteiger partial charge in [0.05, 0.1) is 29.8 Å². The van der Waals surface area contributed by atoms with Crippen molar-refractivity contribution < 1.29 is 19.2 Å². The van der Waals surface area contributed by atoms with Gasteiger partial charge >= 0.3 is 5.97 Å². The molecule has 0 saturated carbocycles. The topological polar surface area (TPSA) is 89.8 Å². The lowest BCUT2D eigenvalue weighted by Crippen LogP contribution is -2.25. The van der Waals surface area contributed by atoms with E-state index in [0.717, 1.165) is 5.56 Å². The molecule has 2 aromatic rings. The first-order valence-electron chi connectivity index (χ1n) is 7.45. The molecular formula is C18H14N2O5. The molecule has 0 fully saturated rings. The van der Waals surface area contributed by atoms with E-state index in [4.69, 9.17) is 0 Å². The van der Waals surface area contributed by atoms with Crippen molar-refractivity contribution in [3.63, 3.8) is 0 Å². The Kier molecular flexibility index (Phi) is 4.30. The lowest BCUT2D eigenvalue weighted by Gasteiger charge is -2.17. The first-order valence-corrected chi connectivity index (χ1v) is 7.45. The lowest BCUT2D eigenvalue weighted by atomic mass is 10.1. The molecule has 7 nitrogen and oxygen atoms in total. The third kappa shape index (κ3) is 3.12. The number of hydrogen-bond donors (Lipinski definition) is 0. The minimum absolute atomic E-state index is 0.0109. The molecule has 3 rings (SSSR count). The van der Waals surface area contributed by atoms with Crippen LogP contribution < -0.4 is 4.90 Å². The molecule has 126 valence electrons. The van der Waals surface area contributed by atoms with Crippen molar-refractivity contribution in [2.24, 2.45) is 0 Å². The minimum atomic E-state index is -0.602. The van der Waals surface area contributed by atoms with E-state index in [1.54, 1.807) is 36.4 Å². The maximum absolute atomic E-state index is 12.7. The van der Waals surface area contributed by atoms with Crippen molar-refractivity contribution in [2.45, 2.75) is 6.54 Å². The van der Waals surface area contributed by atoms with Crippen LogP contribution in [0.5, 0.6) is 0 Å². The second-order valence-corrected chi connectivity index (χ2v) is 5.41. The zero-order chi connectivity index (χ0) is 18.0. The maximum Gasteiger partial charge on any atom is 0.331 e. The van der Waals surface area contributed by atoms with Gasteiger partial charge in [-0.2, -0.15) is 0 Å². The fourth-order valence-electron chi connectivity index (χ4n) is 2.69. The van der Waals surface area contributed by atoms with E-state index < -0.39 is 10.9 Å². The number of amides is 1. The van der Waals surface area contributed by atoms with Gasteiger partial charge in [-0.1, -0.05) is 30.3 Å². The maximum atomic E-state index is 12.7. The van der Waals surface area contributed by atoms with Crippen LogP contribution in [0.4, 0.5) is 11.4 Å². The summed E-state index contributed by atoms with van der Waals surface area (Å²) < 4.78 is 4.61. The van der Waals surface area contributed by atoms with E-state index in [1.807, 2.05) is 0 Å². The molecule has 0 N–H and O–H groups in total. The van der Waals surface area contributed by atoms with Crippen molar-refractivity contribution in [2.75, 3.05) is 12.0 Å². The molecule has 0 aliphatic carbocycles. The van der Waals surface area contributed by atoms with E-state index in [1.165, 1.54) is 30.2 Å². The zero-order valence-electron chi connectivity index (χ0n) is 13.3. The standard InChI is InChI=1S/C18H14N2O5/c1-25-17(21)10-15-14-4-2-3-5-16(14)19(18(15)22)11-12-6-8-13(9-7-12)20(23)24/h2-10H,11H2,1H3/b15-10+. The van der Waals surface area contributed by atoms with Crippen molar-refractivity contribution >= 4 is 28.8 Å². The average molecular weight is 338 g/mol. The van der Waals surface area contributed by atoms with Gasteiger partial charge in [0.25, 0.3) is 11.6 Å². The Balaban J connectivity index is 1.94. The van der Waals surface area contributed by atoms with Crippen LogP contribution in [-0.2, 0) is 20.9 Å². The Morgan fingerprint density at radius 1 is 1.20 bits per heavy atom. The third-order valence-corrected chi connectivity index (χ3v) is 3.91. The number of anilines is 1. The largest absolute Gasteiger partial charge is 0.466 e. The average Bonchev–Trinajstić information content (AvgIpc) is 2.88. The molecule has 1 amide bonds. The number of nitrogens with zero attached hydrogens (tertiary/aromatic N) is 2. The summed E-state index contributed by atoms with van der Waals surface area (Å²) in [5.74, 6) is -0.916. The number of rotatable bonds is 4. The summed E-state index contributed by atoms with van der Waals surface area (Å²) in [5.41, 5.74) is 2.33. The van der Waals surface area contributed by atoms with Gasteiger partial charge in [0.1, 0.15) is 0 Å². The van der Waals surface area contributed by atoms with Gasteiger partial charge in [-0.3, -0.25) is 14.9 Å². The molecule has 1 heterocycles. The van der Waals surface area contributed by atoms with Gasteiger partial charge in [0.15, 0.2) is 0 Å². The molecular weight excluding hydrogens is 324 g/mol. The summed E-state index contributed by atoms with van der Waals surface area (Å²) in [4.78, 5) is 36.1. The normalized spacial score (nSPS) is 14.5. The van der Waals surface area contributed by atoms with E-state index in [-0.39, 0.29) is 23.7 Å². The van der Waals surface area contributed by atoms with Crippen LogP contribution in [-0.4, -0.2) is 23.9 Å². The molecule has 1 aliphatic rings. The van der Waals surface area contributed by atoms with Crippen LogP contribution >= 0.6 is 0 Å². The minimum Gasteiger partial charge on any atom is -0.466 e. The molecule has 0 radical (unpaired) electrons. The SMILES string of the molecule is COC(=O)/C=C1/C(=O)N(Cc2ccc([N+](=O)[O-])cc2)c2ccccc21. The third-order valence-electron chi connectivity index (χ3n) is 3.91. The number of nitro benzene ring substituents is 1. The van der Waals surface area contributed by atoms with Gasteiger partial charge < -0.3 is 9.64 Å². The lowest BCUT2D eigenvalue weighted by molar-refractivity contribution is -0.384. The predicted octanol–water partition coefficient (Wildman–Crippen LogP) is 2.70. The second-order valence-electron chi connectivity index (χ2n) is 5.41. The predicted molar refractivity (Wildman–Crippen MR) is 90.7 cm³/mol. The number of fused-ring (bicyclic) bond motifs is 1. The first-order chi connectivity index (χ1) is 12.0. The van der Waals surface area contributed by atoms with Crippen LogP contribution in [0.2, 0.25) is 0 Å². The number of para-hydroxylation sites is 1. The van der Waals surface area contributed by atoms with Crippen LogP contribution in [0.3, 0.4) is 0 Å². The highest BCUT2D eigenvalue weighted by molar-refractivity contribution is 6.34. The molecule has 1 aliphatic heterocycles. The van der Waals surface area contributed by atoms with Gasteiger partial charge in [-0.25, -0.2) is 4.79 Å². The molecule has 0 spiro atoms. The Morgan fingerprint density at radius 3 is 2.52 bits per heavy atom. The number of carbonyl (C=O) groups is 2. The van der Waals surface area contributed by atoms with Crippen LogP contribution in [0.25, 0.3) is 5.57 Å². The van der Waals surface area contributed by atoms with E-state index in [2.05, 4.69) is 4.74 Å². The second kappa shape index (κ2) is 6.56. The molecule has 0 saturated heterocycles. The van der Waals surface area contributed by atoms with Crippen LogP contribution in [0.1, 0.15) is 11.1 Å². The number of benzene rings is 2. The van der Waals surface area contributed by atoms with Gasteiger partial charge in [-0.15, -0.1) is 0 Å². The summed E-state index contributed by atoms with van der Waals surface area (Å²) >= 11 is 0.